The number of aliphatic carboxylic acids is 4. The van der Waals surface area contributed by atoms with E-state index in [1.165, 1.54) is 17.8 Å². The van der Waals surface area contributed by atoms with E-state index in [0.717, 1.165) is 5.32 Å². The van der Waals surface area contributed by atoms with Crippen LogP contribution in [-0.2, 0) is 25.6 Å². The molecule has 0 aromatic carbocycles. The first-order valence-corrected chi connectivity index (χ1v) is 8.18. The van der Waals surface area contributed by atoms with Crippen molar-refractivity contribution in [2.45, 2.75) is 43.8 Å². The fourth-order valence-corrected chi connectivity index (χ4v) is 2.51. The summed E-state index contributed by atoms with van der Waals surface area (Å²) in [4.78, 5) is 50.4. The van der Waals surface area contributed by atoms with Gasteiger partial charge in [0.05, 0.1) is 37.2 Å². The van der Waals surface area contributed by atoms with Crippen molar-refractivity contribution >= 4 is 23.9 Å². The Kier molecular flexibility index (Phi) is 8.89. The Labute approximate surface area is 153 Å². The van der Waals surface area contributed by atoms with E-state index in [2.05, 4.69) is 9.97 Å². The number of H-pyrrole nitrogens is 1. The Hall–Kier alpha value is -2.99. The molecular formula is C15H20N4O8-2. The van der Waals surface area contributed by atoms with Crippen molar-refractivity contribution in [2.24, 2.45) is 0 Å². The zero-order valence-corrected chi connectivity index (χ0v) is 14.3. The first-order chi connectivity index (χ1) is 12.7. The minimum absolute atomic E-state index is 0.0299. The Morgan fingerprint density at radius 2 is 1.56 bits per heavy atom. The molecule has 0 aliphatic heterocycles. The van der Waals surface area contributed by atoms with Crippen LogP contribution >= 0.6 is 0 Å². The molecule has 0 bridgehead atoms. The van der Waals surface area contributed by atoms with Crippen LogP contribution in [0.1, 0.15) is 25.0 Å². The molecule has 1 heterocycles. The van der Waals surface area contributed by atoms with Crippen molar-refractivity contribution in [3.05, 3.63) is 18.2 Å². The van der Waals surface area contributed by atoms with Gasteiger partial charge in [-0.05, 0) is 6.42 Å². The van der Waals surface area contributed by atoms with E-state index in [4.69, 9.17) is 0 Å². The SMILES string of the molecule is O=C([O-])CCC([NH2+][C@@H](CC[NH2+][C@@H](Cc1cnc[nH]1)C(=O)[O-])C(=O)[O-])C(=O)[O-]. The molecule has 1 aromatic heterocycles. The molecule has 1 unspecified atom stereocenters. The van der Waals surface area contributed by atoms with Crippen LogP contribution in [0.15, 0.2) is 12.5 Å². The lowest BCUT2D eigenvalue weighted by Crippen LogP contribution is -3.01. The quantitative estimate of drug-likeness (QED) is 0.276. The smallest absolute Gasteiger partial charge is 0.132 e. The summed E-state index contributed by atoms with van der Waals surface area (Å²) in [5, 5.41) is 46.2. The molecule has 0 amide bonds. The number of hydrogen-bond acceptors (Lipinski definition) is 9. The number of carbonyl (C=O) groups excluding carboxylic acids is 4. The van der Waals surface area contributed by atoms with E-state index in [9.17, 15) is 39.6 Å². The van der Waals surface area contributed by atoms with E-state index in [-0.39, 0.29) is 25.8 Å². The van der Waals surface area contributed by atoms with E-state index in [1.54, 1.807) is 0 Å². The number of nitrogens with two attached hydrogens (primary N) is 2. The number of rotatable bonds is 14. The Morgan fingerprint density at radius 3 is 2.04 bits per heavy atom. The first-order valence-electron chi connectivity index (χ1n) is 8.18. The number of aromatic amines is 1. The maximum absolute atomic E-state index is 11.2. The molecule has 0 saturated carbocycles. The maximum atomic E-state index is 11.2. The van der Waals surface area contributed by atoms with Gasteiger partial charge in [0.25, 0.3) is 0 Å². The van der Waals surface area contributed by atoms with Gasteiger partial charge < -0.3 is 55.2 Å². The van der Waals surface area contributed by atoms with Gasteiger partial charge in [0.2, 0.25) is 0 Å². The molecule has 12 heteroatoms. The number of quaternary nitrogens is 2. The van der Waals surface area contributed by atoms with Crippen LogP contribution in [0.3, 0.4) is 0 Å². The second kappa shape index (κ2) is 10.9. The third-order valence-electron chi connectivity index (χ3n) is 3.96. The largest absolute Gasteiger partial charge is 0.550 e. The lowest BCUT2D eigenvalue weighted by molar-refractivity contribution is -0.725. The molecule has 3 atom stereocenters. The van der Waals surface area contributed by atoms with Crippen LogP contribution in [0.25, 0.3) is 0 Å². The van der Waals surface area contributed by atoms with Gasteiger partial charge in [0, 0.05) is 30.7 Å². The van der Waals surface area contributed by atoms with Crippen LogP contribution < -0.4 is 31.1 Å². The number of nitrogens with one attached hydrogen (secondary N) is 1. The van der Waals surface area contributed by atoms with Crippen molar-refractivity contribution in [3.8, 4) is 0 Å². The van der Waals surface area contributed by atoms with Gasteiger partial charge in [-0.2, -0.15) is 0 Å². The van der Waals surface area contributed by atoms with Crippen LogP contribution in [0.5, 0.6) is 0 Å². The van der Waals surface area contributed by atoms with Crippen LogP contribution in [-0.4, -0.2) is 58.5 Å². The number of imidazole rings is 1. The zero-order valence-electron chi connectivity index (χ0n) is 14.3. The zero-order chi connectivity index (χ0) is 20.4. The molecule has 12 nitrogen and oxygen atoms in total. The number of hydrogen-bond donors (Lipinski definition) is 3. The van der Waals surface area contributed by atoms with E-state index in [0.29, 0.717) is 5.69 Å². The molecule has 1 aromatic rings. The van der Waals surface area contributed by atoms with Gasteiger partial charge in [-0.15, -0.1) is 0 Å². The molecule has 0 aliphatic rings. The molecule has 1 rings (SSSR count). The number of carboxylic acids is 4. The highest BCUT2D eigenvalue weighted by molar-refractivity contribution is 5.73. The molecule has 5 N–H and O–H groups in total. The number of nitrogens with zero attached hydrogens (tertiary/aromatic N) is 1. The second-order valence-corrected chi connectivity index (χ2v) is 5.97. The predicted octanol–water partition coefficient (Wildman–Crippen LogP) is -8.65. The highest BCUT2D eigenvalue weighted by Crippen LogP contribution is 1.95. The van der Waals surface area contributed by atoms with Gasteiger partial charge in [-0.3, -0.25) is 0 Å². The second-order valence-electron chi connectivity index (χ2n) is 5.97. The van der Waals surface area contributed by atoms with E-state index >= 15 is 0 Å². The van der Waals surface area contributed by atoms with Gasteiger partial charge in [-0.1, -0.05) is 0 Å². The monoisotopic (exact) mass is 384 g/mol. The number of carbonyl (C=O) groups is 4. The molecule has 0 aliphatic carbocycles. The Balaban J connectivity index is 2.59. The third kappa shape index (κ3) is 8.29. The minimum Gasteiger partial charge on any atom is -0.550 e. The highest BCUT2D eigenvalue weighted by Gasteiger charge is 2.23. The van der Waals surface area contributed by atoms with Crippen molar-refractivity contribution in [3.63, 3.8) is 0 Å². The molecule has 0 spiro atoms. The average molecular weight is 384 g/mol. The average Bonchev–Trinajstić information content (AvgIpc) is 3.07. The number of aromatic nitrogens is 2. The first kappa shape index (κ1) is 22.1. The molecule has 27 heavy (non-hydrogen) atoms. The number of carboxylic acid groups (broad SMARTS) is 4. The van der Waals surface area contributed by atoms with Crippen molar-refractivity contribution < 1.29 is 50.2 Å². The van der Waals surface area contributed by atoms with Crippen molar-refractivity contribution in [2.75, 3.05) is 6.54 Å². The molecule has 0 radical (unpaired) electrons. The van der Waals surface area contributed by atoms with Gasteiger partial charge in [0.1, 0.15) is 18.1 Å². The van der Waals surface area contributed by atoms with Crippen LogP contribution in [0, 0.1) is 0 Å². The third-order valence-corrected chi connectivity index (χ3v) is 3.96. The van der Waals surface area contributed by atoms with Crippen molar-refractivity contribution in [1.29, 1.82) is 0 Å². The highest BCUT2D eigenvalue weighted by atomic mass is 16.4. The maximum Gasteiger partial charge on any atom is 0.132 e. The fourth-order valence-electron chi connectivity index (χ4n) is 2.51. The lowest BCUT2D eigenvalue weighted by atomic mass is 10.1. The molecular weight excluding hydrogens is 364 g/mol. The summed E-state index contributed by atoms with van der Waals surface area (Å²) in [6.45, 7) is 0.0299. The fraction of sp³-hybridized carbons (Fsp3) is 0.533. The summed E-state index contributed by atoms with van der Waals surface area (Å²) in [6.07, 6.45) is 1.84. The molecule has 0 saturated heterocycles. The Bertz CT molecular complexity index is 648. The summed E-state index contributed by atoms with van der Waals surface area (Å²) in [7, 11) is 0. The normalized spacial score (nSPS) is 14.2. The predicted molar refractivity (Wildman–Crippen MR) is 76.3 cm³/mol. The molecule has 150 valence electrons. The van der Waals surface area contributed by atoms with Gasteiger partial charge in [-0.25, -0.2) is 4.98 Å². The van der Waals surface area contributed by atoms with Gasteiger partial charge >= 0.3 is 0 Å². The summed E-state index contributed by atoms with van der Waals surface area (Å²) in [5.41, 5.74) is 0.558. The van der Waals surface area contributed by atoms with Crippen molar-refractivity contribution in [1.82, 2.24) is 9.97 Å². The van der Waals surface area contributed by atoms with Crippen LogP contribution in [0.2, 0.25) is 0 Å². The molecule has 0 fully saturated rings. The summed E-state index contributed by atoms with van der Waals surface area (Å²) in [6, 6.07) is -3.73. The summed E-state index contributed by atoms with van der Waals surface area (Å²) >= 11 is 0. The summed E-state index contributed by atoms with van der Waals surface area (Å²) < 4.78 is 0. The standard InChI is InChI=1S/C15H22N4O8/c20-12(21)2-1-9(13(22)23)19-10(14(24)25)3-4-17-11(15(26)27)5-8-6-16-7-18-8/h6-7,9-11,17,19H,1-5H2,(H,16,18)(H,20,21)(H,22,23)(H,24,25)(H,26,27)/p-2/t9?,10-,11-/m0/s1. The lowest BCUT2D eigenvalue weighted by Gasteiger charge is -2.24. The minimum atomic E-state index is -1.61. The van der Waals surface area contributed by atoms with E-state index in [1.807, 2.05) is 0 Å². The van der Waals surface area contributed by atoms with Crippen LogP contribution in [0.4, 0.5) is 0 Å². The summed E-state index contributed by atoms with van der Waals surface area (Å²) in [5.74, 6) is -5.98. The van der Waals surface area contributed by atoms with E-state index < -0.39 is 48.4 Å². The Morgan fingerprint density at radius 1 is 0.963 bits per heavy atom. The van der Waals surface area contributed by atoms with Gasteiger partial charge in [0.15, 0.2) is 0 Å². The topological polar surface area (TPSA) is 222 Å².